The van der Waals surface area contributed by atoms with E-state index >= 15 is 0 Å². The standard InChI is InChI=1S/C24H30N6O3S2/c1-24(2,3)29-19-17-18(27-23(34-4)28-22(17)35-20(19)21(25)32)14-6-5-7-15(12-14)26-16(31)13-30-8-10-33-11-9-30/h5-7,12,29H,8-11,13H2,1-4H3,(H2,25,32)(H,26,31). The van der Waals surface area contributed by atoms with Gasteiger partial charge in [0.05, 0.1) is 36.5 Å². The Bertz CT molecular complexity index is 1250. The van der Waals surface area contributed by atoms with Crippen molar-refractivity contribution in [3.63, 3.8) is 0 Å². The van der Waals surface area contributed by atoms with E-state index in [4.69, 9.17) is 15.5 Å². The average Bonchev–Trinajstić information content (AvgIpc) is 3.16. The molecule has 0 atom stereocenters. The summed E-state index contributed by atoms with van der Waals surface area (Å²) in [6.07, 6.45) is 1.91. The van der Waals surface area contributed by atoms with E-state index in [9.17, 15) is 9.59 Å². The van der Waals surface area contributed by atoms with Crippen LogP contribution in [0.25, 0.3) is 21.5 Å². The van der Waals surface area contributed by atoms with E-state index in [0.717, 1.165) is 24.0 Å². The first-order valence-corrected chi connectivity index (χ1v) is 13.4. The van der Waals surface area contributed by atoms with Gasteiger partial charge in [0, 0.05) is 29.9 Å². The van der Waals surface area contributed by atoms with Crippen molar-refractivity contribution in [2.24, 2.45) is 5.73 Å². The predicted octanol–water partition coefficient (Wildman–Crippen LogP) is 3.66. The average molecular weight is 515 g/mol. The van der Waals surface area contributed by atoms with Gasteiger partial charge in [-0.15, -0.1) is 11.3 Å². The van der Waals surface area contributed by atoms with Gasteiger partial charge in [-0.2, -0.15) is 0 Å². The Hall–Kier alpha value is -2.73. The molecule has 0 radical (unpaired) electrons. The fraction of sp³-hybridized carbons (Fsp3) is 0.417. The number of rotatable bonds is 7. The van der Waals surface area contributed by atoms with Crippen LogP contribution in [0.2, 0.25) is 0 Å². The molecule has 3 aromatic rings. The Morgan fingerprint density at radius 3 is 2.63 bits per heavy atom. The maximum Gasteiger partial charge on any atom is 0.261 e. The Kier molecular flexibility index (Phi) is 7.60. The number of hydrogen-bond donors (Lipinski definition) is 3. The SMILES string of the molecule is CSc1nc(-c2cccc(NC(=O)CN3CCOCC3)c2)c2c(NC(C)(C)C)c(C(N)=O)sc2n1. The van der Waals surface area contributed by atoms with Crippen LogP contribution >= 0.6 is 23.1 Å². The first-order valence-electron chi connectivity index (χ1n) is 11.3. The number of nitrogens with zero attached hydrogens (tertiary/aromatic N) is 3. The van der Waals surface area contributed by atoms with Gasteiger partial charge in [0.25, 0.3) is 5.91 Å². The van der Waals surface area contributed by atoms with Crippen molar-refractivity contribution in [3.8, 4) is 11.3 Å². The van der Waals surface area contributed by atoms with Gasteiger partial charge in [-0.3, -0.25) is 14.5 Å². The van der Waals surface area contributed by atoms with Gasteiger partial charge >= 0.3 is 0 Å². The number of thioether (sulfide) groups is 1. The maximum atomic E-state index is 12.6. The van der Waals surface area contributed by atoms with Crippen molar-refractivity contribution in [2.45, 2.75) is 31.5 Å². The number of fused-ring (bicyclic) bond motifs is 1. The summed E-state index contributed by atoms with van der Waals surface area (Å²) in [7, 11) is 0. The van der Waals surface area contributed by atoms with E-state index in [-0.39, 0.29) is 11.4 Å². The number of hydrogen-bond acceptors (Lipinski definition) is 9. The van der Waals surface area contributed by atoms with Crippen molar-refractivity contribution in [3.05, 3.63) is 29.1 Å². The lowest BCUT2D eigenvalue weighted by Crippen LogP contribution is -2.41. The second kappa shape index (κ2) is 10.5. The third kappa shape index (κ3) is 6.10. The molecule has 2 aromatic heterocycles. The number of nitrogens with one attached hydrogen (secondary N) is 2. The zero-order chi connectivity index (χ0) is 25.2. The Labute approximate surface area is 212 Å². The van der Waals surface area contributed by atoms with Crippen LogP contribution in [0.4, 0.5) is 11.4 Å². The molecule has 1 fully saturated rings. The molecule has 1 aliphatic heterocycles. The van der Waals surface area contributed by atoms with Gasteiger partial charge in [0.2, 0.25) is 5.91 Å². The fourth-order valence-corrected chi connectivity index (χ4v) is 5.26. The number of amides is 2. The van der Waals surface area contributed by atoms with E-state index in [1.165, 1.54) is 23.1 Å². The molecule has 4 rings (SSSR count). The third-order valence-electron chi connectivity index (χ3n) is 5.33. The molecule has 0 bridgehead atoms. The van der Waals surface area contributed by atoms with Crippen LogP contribution in [0.5, 0.6) is 0 Å². The first kappa shape index (κ1) is 25.4. The summed E-state index contributed by atoms with van der Waals surface area (Å²) in [5, 5.41) is 7.76. The van der Waals surface area contributed by atoms with Crippen LogP contribution in [0, 0.1) is 0 Å². The number of carbonyl (C=O) groups is 2. The molecule has 186 valence electrons. The van der Waals surface area contributed by atoms with E-state index in [0.29, 0.717) is 51.7 Å². The molecule has 0 spiro atoms. The summed E-state index contributed by atoms with van der Waals surface area (Å²) in [6.45, 7) is 9.13. The Balaban J connectivity index is 1.74. The number of anilines is 2. The number of carbonyl (C=O) groups excluding carboxylic acids is 2. The second-order valence-corrected chi connectivity index (χ2v) is 11.1. The highest BCUT2D eigenvalue weighted by Gasteiger charge is 2.25. The zero-order valence-corrected chi connectivity index (χ0v) is 21.9. The third-order valence-corrected chi connectivity index (χ3v) is 6.97. The fourth-order valence-electron chi connectivity index (χ4n) is 3.86. The molecule has 35 heavy (non-hydrogen) atoms. The molecule has 0 saturated carbocycles. The van der Waals surface area contributed by atoms with Crippen molar-refractivity contribution < 1.29 is 14.3 Å². The second-order valence-electron chi connectivity index (χ2n) is 9.30. The van der Waals surface area contributed by atoms with Crippen LogP contribution in [0.1, 0.15) is 30.4 Å². The Morgan fingerprint density at radius 1 is 1.23 bits per heavy atom. The van der Waals surface area contributed by atoms with Gasteiger partial charge < -0.3 is 21.1 Å². The topological polar surface area (TPSA) is 122 Å². The number of benzene rings is 1. The van der Waals surface area contributed by atoms with Gasteiger partial charge in [-0.1, -0.05) is 23.9 Å². The lowest BCUT2D eigenvalue weighted by Gasteiger charge is -2.25. The van der Waals surface area contributed by atoms with Crippen LogP contribution in [-0.4, -0.2) is 71.3 Å². The van der Waals surface area contributed by atoms with Crippen molar-refractivity contribution in [1.82, 2.24) is 14.9 Å². The predicted molar refractivity (Wildman–Crippen MR) is 142 cm³/mol. The van der Waals surface area contributed by atoms with E-state index in [2.05, 4.69) is 20.5 Å². The van der Waals surface area contributed by atoms with E-state index < -0.39 is 5.91 Å². The monoisotopic (exact) mass is 514 g/mol. The minimum Gasteiger partial charge on any atom is -0.379 e. The molecule has 9 nitrogen and oxygen atoms in total. The lowest BCUT2D eigenvalue weighted by molar-refractivity contribution is -0.118. The minimum atomic E-state index is -0.513. The first-order chi connectivity index (χ1) is 16.6. The van der Waals surface area contributed by atoms with Gasteiger partial charge in [0.1, 0.15) is 9.71 Å². The summed E-state index contributed by atoms with van der Waals surface area (Å²) in [6, 6.07) is 7.56. The number of primary amides is 1. The van der Waals surface area contributed by atoms with Crippen molar-refractivity contribution >= 4 is 56.5 Å². The molecule has 11 heteroatoms. The van der Waals surface area contributed by atoms with Crippen LogP contribution < -0.4 is 16.4 Å². The number of morpholine rings is 1. The maximum absolute atomic E-state index is 12.6. The minimum absolute atomic E-state index is 0.0803. The van der Waals surface area contributed by atoms with Crippen LogP contribution in [-0.2, 0) is 9.53 Å². The molecule has 4 N–H and O–H groups in total. The molecule has 0 unspecified atom stereocenters. The van der Waals surface area contributed by atoms with Crippen molar-refractivity contribution in [2.75, 3.05) is 49.7 Å². The number of aromatic nitrogens is 2. The number of ether oxygens (including phenoxy) is 1. The summed E-state index contributed by atoms with van der Waals surface area (Å²) in [5.41, 5.74) is 8.21. The van der Waals surface area contributed by atoms with E-state index in [1.807, 2.05) is 51.3 Å². The number of thiophene rings is 1. The summed E-state index contributed by atoms with van der Waals surface area (Å²) in [5.74, 6) is -0.594. The smallest absolute Gasteiger partial charge is 0.261 e. The normalized spacial score (nSPS) is 14.7. The molecule has 2 amide bonds. The lowest BCUT2D eigenvalue weighted by atomic mass is 10.0. The van der Waals surface area contributed by atoms with Crippen molar-refractivity contribution in [1.29, 1.82) is 0 Å². The molecule has 1 aromatic carbocycles. The highest BCUT2D eigenvalue weighted by molar-refractivity contribution is 7.98. The zero-order valence-electron chi connectivity index (χ0n) is 20.3. The van der Waals surface area contributed by atoms with E-state index in [1.54, 1.807) is 0 Å². The molecule has 3 heterocycles. The molecular formula is C24H30N6O3S2. The highest BCUT2D eigenvalue weighted by atomic mass is 32.2. The van der Waals surface area contributed by atoms with Crippen LogP contribution in [0.15, 0.2) is 29.4 Å². The van der Waals surface area contributed by atoms with Gasteiger partial charge in [0.15, 0.2) is 5.16 Å². The van der Waals surface area contributed by atoms with Gasteiger partial charge in [-0.25, -0.2) is 9.97 Å². The highest BCUT2D eigenvalue weighted by Crippen LogP contribution is 2.42. The summed E-state index contributed by atoms with van der Waals surface area (Å²) < 4.78 is 5.35. The molecule has 1 saturated heterocycles. The van der Waals surface area contributed by atoms with Crippen LogP contribution in [0.3, 0.4) is 0 Å². The quantitative estimate of drug-likeness (QED) is 0.323. The largest absolute Gasteiger partial charge is 0.379 e. The summed E-state index contributed by atoms with van der Waals surface area (Å²) >= 11 is 2.68. The molecule has 1 aliphatic rings. The van der Waals surface area contributed by atoms with Gasteiger partial charge in [-0.05, 0) is 39.2 Å². The Morgan fingerprint density at radius 2 is 1.97 bits per heavy atom. The molecular weight excluding hydrogens is 484 g/mol. The number of nitrogens with two attached hydrogens (primary N) is 1. The summed E-state index contributed by atoms with van der Waals surface area (Å²) in [4.78, 5) is 37.6. The molecule has 0 aliphatic carbocycles.